The molecule has 9 rings (SSSR count). The third-order valence-corrected chi connectivity index (χ3v) is 11.7. The molecule has 0 aliphatic rings. The van der Waals surface area contributed by atoms with E-state index in [0.717, 1.165) is 51.0 Å². The van der Waals surface area contributed by atoms with Crippen molar-refractivity contribution in [2.75, 3.05) is 0 Å². The van der Waals surface area contributed by atoms with Gasteiger partial charge in [-0.3, -0.25) is 9.55 Å². The molecule has 4 nitrogen and oxygen atoms in total. The van der Waals surface area contributed by atoms with Crippen LogP contribution in [0.4, 0.5) is 0 Å². The van der Waals surface area contributed by atoms with Crippen LogP contribution < -0.4 is 0 Å². The number of nitrogens with zero attached hydrogens (tertiary/aromatic N) is 3. The van der Waals surface area contributed by atoms with Crippen molar-refractivity contribution in [1.82, 2.24) is 14.5 Å². The first-order chi connectivity index (χ1) is 31.0. The van der Waals surface area contributed by atoms with E-state index in [1.807, 2.05) is 60.7 Å². The first-order valence-corrected chi connectivity index (χ1v) is 21.3. The predicted octanol–water partition coefficient (Wildman–Crippen LogP) is 14.8. The molecular weight excluding hydrogens is 950 g/mol. The Morgan fingerprint density at radius 3 is 1.92 bits per heavy atom. The summed E-state index contributed by atoms with van der Waals surface area (Å²) in [7, 11) is 0. The molecular formula is C58H52N3OPt-. The van der Waals surface area contributed by atoms with Gasteiger partial charge >= 0.3 is 0 Å². The van der Waals surface area contributed by atoms with Crippen LogP contribution in [0.2, 0.25) is 0 Å². The van der Waals surface area contributed by atoms with Crippen LogP contribution in [0.25, 0.3) is 72.7 Å². The van der Waals surface area contributed by atoms with Crippen LogP contribution in [0.5, 0.6) is 5.75 Å². The summed E-state index contributed by atoms with van der Waals surface area (Å²) in [6, 6.07) is 58.7. The van der Waals surface area contributed by atoms with Crippen LogP contribution in [-0.2, 0) is 38.3 Å². The first-order valence-electron chi connectivity index (χ1n) is 22.8. The number of rotatable bonds is 8. The number of imidazole rings is 1. The van der Waals surface area contributed by atoms with Gasteiger partial charge in [0.15, 0.2) is 0 Å². The summed E-state index contributed by atoms with van der Waals surface area (Å²) in [5, 5.41) is 12.1. The molecule has 0 spiro atoms. The molecule has 63 heavy (non-hydrogen) atoms. The topological polar surface area (TPSA) is 50.9 Å². The maximum absolute atomic E-state index is 12.1. The number of fused-ring (bicyclic) bond motifs is 1. The third kappa shape index (κ3) is 8.83. The van der Waals surface area contributed by atoms with Crippen molar-refractivity contribution in [2.45, 2.75) is 65.6 Å². The van der Waals surface area contributed by atoms with Gasteiger partial charge in [0.05, 0.1) is 22.3 Å². The second-order valence-electron chi connectivity index (χ2n) is 18.2. The van der Waals surface area contributed by atoms with Crippen LogP contribution in [0.3, 0.4) is 0 Å². The van der Waals surface area contributed by atoms with Crippen molar-refractivity contribution in [3.05, 3.63) is 204 Å². The second kappa shape index (κ2) is 17.4. The van der Waals surface area contributed by atoms with E-state index in [0.29, 0.717) is 39.3 Å². The van der Waals surface area contributed by atoms with Crippen LogP contribution >= 0.6 is 0 Å². The maximum atomic E-state index is 12.1. The van der Waals surface area contributed by atoms with Crippen molar-refractivity contribution in [3.8, 4) is 67.5 Å². The van der Waals surface area contributed by atoms with E-state index in [1.54, 1.807) is 18.3 Å². The second-order valence-corrected chi connectivity index (χ2v) is 18.2. The fourth-order valence-corrected chi connectivity index (χ4v) is 8.47. The summed E-state index contributed by atoms with van der Waals surface area (Å²) in [6.45, 7) is 10.5. The minimum absolute atomic E-state index is 0. The number of aromatic hydroxyl groups is 1. The molecule has 0 bridgehead atoms. The molecule has 316 valence electrons. The number of hydrogen-bond donors (Lipinski definition) is 1. The number of phenols is 1. The minimum atomic E-state index is -2.41. The van der Waals surface area contributed by atoms with Gasteiger partial charge in [0.25, 0.3) is 0 Å². The molecule has 7 aromatic carbocycles. The predicted molar refractivity (Wildman–Crippen MR) is 258 cm³/mol. The van der Waals surface area contributed by atoms with Crippen molar-refractivity contribution >= 4 is 11.0 Å². The number of hydrogen-bond acceptors (Lipinski definition) is 3. The molecule has 0 amide bonds. The molecule has 9 aromatic rings. The van der Waals surface area contributed by atoms with E-state index < -0.39 is 6.85 Å². The Morgan fingerprint density at radius 1 is 0.587 bits per heavy atom. The fraction of sp³-hybridized carbons (Fsp3) is 0.172. The summed E-state index contributed by atoms with van der Waals surface area (Å²) in [6.07, 6.45) is 2.61. The Labute approximate surface area is 390 Å². The summed E-state index contributed by atoms with van der Waals surface area (Å²) in [4.78, 5) is 10.2. The van der Waals surface area contributed by atoms with Crippen LogP contribution in [0, 0.1) is 12.9 Å². The summed E-state index contributed by atoms with van der Waals surface area (Å²) >= 11 is 0. The van der Waals surface area contributed by atoms with Crippen LogP contribution in [0.15, 0.2) is 170 Å². The zero-order chi connectivity index (χ0) is 45.7. The molecule has 0 aliphatic heterocycles. The fourth-order valence-electron chi connectivity index (χ4n) is 8.47. The van der Waals surface area contributed by atoms with Gasteiger partial charge in [0.1, 0.15) is 11.6 Å². The van der Waals surface area contributed by atoms with Crippen molar-refractivity contribution in [1.29, 1.82) is 0 Å². The van der Waals surface area contributed by atoms with E-state index in [4.69, 9.17) is 14.1 Å². The van der Waals surface area contributed by atoms with Gasteiger partial charge in [0.2, 0.25) is 0 Å². The van der Waals surface area contributed by atoms with Crippen molar-refractivity contribution in [3.63, 3.8) is 0 Å². The van der Waals surface area contributed by atoms with Gasteiger partial charge in [-0.25, -0.2) is 4.98 Å². The zero-order valence-corrected chi connectivity index (χ0v) is 38.8. The molecule has 0 unspecified atom stereocenters. The molecule has 5 heteroatoms. The van der Waals surface area contributed by atoms with E-state index in [9.17, 15) is 5.11 Å². The number of benzene rings is 7. The Hall–Kier alpha value is -6.35. The minimum Gasteiger partial charge on any atom is -0.507 e. The van der Waals surface area contributed by atoms with Gasteiger partial charge in [-0.2, -0.15) is 0 Å². The smallest absolute Gasteiger partial charge is 0.148 e. The van der Waals surface area contributed by atoms with Crippen LogP contribution in [0.1, 0.15) is 73.5 Å². The quantitative estimate of drug-likeness (QED) is 0.154. The normalized spacial score (nSPS) is 12.6. The number of aryl methyl sites for hydroxylation is 1. The molecule has 0 fully saturated rings. The van der Waals surface area contributed by atoms with Gasteiger partial charge in [-0.05, 0) is 92.1 Å². The van der Waals surface area contributed by atoms with E-state index in [-0.39, 0.29) is 43.2 Å². The zero-order valence-electron chi connectivity index (χ0n) is 39.5. The summed E-state index contributed by atoms with van der Waals surface area (Å²) < 4.78 is 28.0. The average Bonchev–Trinajstić information content (AvgIpc) is 3.68. The molecule has 0 saturated carbocycles. The monoisotopic (exact) mass is 1000 g/mol. The SMILES string of the molecule is [2H]C([2H])([2H])c1cc(-c2cc(-c3ccc(Cc4ccccc4)cc3)ccn2)[c-]c(-c2cccc3c2nc(-c2cccc(C(C)(C)C)c2O)n3-c2ccc(-c3ccccc3)cc2C(C)(C)C)c1.[Pt]. The van der Waals surface area contributed by atoms with E-state index in [2.05, 4.69) is 143 Å². The Bertz CT molecular complexity index is 3180. The first kappa shape index (κ1) is 39.5. The Morgan fingerprint density at radius 2 is 1.21 bits per heavy atom. The largest absolute Gasteiger partial charge is 0.507 e. The van der Waals surface area contributed by atoms with E-state index in [1.165, 1.54) is 11.1 Å². The standard InChI is InChI=1S/C58H52N3O.Pt/c1-38-32-45(35-46(33-38)51-37-44(30-31-59-51)42-26-24-40(25-27-42)34-39-16-10-8-11-17-39)47-20-15-23-53-54(47)60-56(48-21-14-22-49(55(48)62)57(2,3)4)61(53)52-29-28-43(36-50(52)58(5,6)7)41-18-12-9-13-19-41;/h8-33,36-37,62H,34H2,1-7H3;/q-1;/i1D3;. The molecule has 0 atom stereocenters. The van der Waals surface area contributed by atoms with Crippen molar-refractivity contribution in [2.24, 2.45) is 0 Å². The average molecular weight is 1010 g/mol. The van der Waals surface area contributed by atoms with Gasteiger partial charge in [0, 0.05) is 37.1 Å². The Kier molecular flexibility index (Phi) is 10.9. The molecule has 0 saturated heterocycles. The molecule has 2 aromatic heterocycles. The Balaban J connectivity index is 0.00000592. The number of para-hydroxylation sites is 2. The van der Waals surface area contributed by atoms with Gasteiger partial charge in [-0.1, -0.05) is 181 Å². The van der Waals surface area contributed by atoms with E-state index >= 15 is 0 Å². The molecule has 2 heterocycles. The number of phenolic OH excluding ortho intramolecular Hbond substituents is 1. The summed E-state index contributed by atoms with van der Waals surface area (Å²) in [5.74, 6) is 0.747. The summed E-state index contributed by atoms with van der Waals surface area (Å²) in [5.41, 5.74) is 13.6. The number of aromatic nitrogens is 3. The van der Waals surface area contributed by atoms with Gasteiger partial charge in [-0.15, -0.1) is 29.3 Å². The van der Waals surface area contributed by atoms with Crippen LogP contribution in [-0.4, -0.2) is 19.6 Å². The van der Waals surface area contributed by atoms with Gasteiger partial charge < -0.3 is 5.11 Å². The maximum Gasteiger partial charge on any atom is 0.148 e. The molecule has 0 aliphatic carbocycles. The van der Waals surface area contributed by atoms with Crippen molar-refractivity contribution < 1.29 is 30.3 Å². The third-order valence-electron chi connectivity index (χ3n) is 11.7. The number of pyridine rings is 1. The molecule has 1 N–H and O–H groups in total. The molecule has 0 radical (unpaired) electrons.